The predicted octanol–water partition coefficient (Wildman–Crippen LogP) is 3.21. The molecule has 1 aliphatic carbocycles. The van der Waals surface area contributed by atoms with E-state index < -0.39 is 6.10 Å². The number of carbonyl (C=O) groups is 1. The summed E-state index contributed by atoms with van der Waals surface area (Å²) in [5, 5.41) is 15.2. The Labute approximate surface area is 163 Å². The summed E-state index contributed by atoms with van der Waals surface area (Å²) in [7, 11) is 0. The summed E-state index contributed by atoms with van der Waals surface area (Å²) in [4.78, 5) is 19.2. The normalized spacial score (nSPS) is 18.6. The standard InChI is InChI=1S/C21H24N4O3/c1-13-22-17-7-6-15(10-19(17)28-13)21(27)24-8-3-9-25-16(12-24)11-18(23-25)20(26)14-4-2-5-14/h6-7,10-11,14,20,26H,2-5,8-9,12H2,1H3. The summed E-state index contributed by atoms with van der Waals surface area (Å²) in [5.41, 5.74) is 3.72. The van der Waals surface area contributed by atoms with Crippen molar-refractivity contribution in [2.75, 3.05) is 6.54 Å². The van der Waals surface area contributed by atoms with Crippen LogP contribution < -0.4 is 0 Å². The number of carbonyl (C=O) groups excluding carboxylic acids is 1. The van der Waals surface area contributed by atoms with Crippen LogP contribution in [0.3, 0.4) is 0 Å². The Morgan fingerprint density at radius 3 is 2.89 bits per heavy atom. The van der Waals surface area contributed by atoms with Crippen molar-refractivity contribution in [3.63, 3.8) is 0 Å². The quantitative estimate of drug-likeness (QED) is 0.754. The van der Waals surface area contributed by atoms with Gasteiger partial charge in [0, 0.05) is 25.6 Å². The zero-order valence-corrected chi connectivity index (χ0v) is 16.0. The van der Waals surface area contributed by atoms with Crippen LogP contribution in [0.5, 0.6) is 0 Å². The van der Waals surface area contributed by atoms with Crippen LogP contribution in [0, 0.1) is 12.8 Å². The van der Waals surface area contributed by atoms with E-state index in [1.165, 1.54) is 6.42 Å². The molecule has 3 heterocycles. The van der Waals surface area contributed by atoms with E-state index in [1.807, 2.05) is 21.7 Å². The zero-order chi connectivity index (χ0) is 19.3. The van der Waals surface area contributed by atoms with Crippen molar-refractivity contribution in [3.05, 3.63) is 47.1 Å². The van der Waals surface area contributed by atoms with Crippen molar-refractivity contribution in [1.29, 1.82) is 0 Å². The summed E-state index contributed by atoms with van der Waals surface area (Å²) < 4.78 is 7.52. The highest BCUT2D eigenvalue weighted by Crippen LogP contribution is 2.37. The Morgan fingerprint density at radius 1 is 1.25 bits per heavy atom. The van der Waals surface area contributed by atoms with Crippen molar-refractivity contribution in [2.24, 2.45) is 5.92 Å². The maximum Gasteiger partial charge on any atom is 0.254 e. The molecule has 0 spiro atoms. The van der Waals surface area contributed by atoms with Gasteiger partial charge in [-0.2, -0.15) is 5.10 Å². The van der Waals surface area contributed by atoms with Gasteiger partial charge in [-0.05, 0) is 49.4 Å². The molecule has 1 amide bonds. The average molecular weight is 380 g/mol. The van der Waals surface area contributed by atoms with Gasteiger partial charge in [0.2, 0.25) is 0 Å². The van der Waals surface area contributed by atoms with Crippen LogP contribution >= 0.6 is 0 Å². The van der Waals surface area contributed by atoms with Crippen molar-refractivity contribution in [2.45, 2.75) is 51.8 Å². The predicted molar refractivity (Wildman–Crippen MR) is 103 cm³/mol. The molecule has 1 saturated carbocycles. The molecule has 7 nitrogen and oxygen atoms in total. The number of aliphatic hydroxyl groups is 1. The Balaban J connectivity index is 1.38. The van der Waals surface area contributed by atoms with Gasteiger partial charge in [-0.15, -0.1) is 0 Å². The third-order valence-electron chi connectivity index (χ3n) is 5.96. The maximum atomic E-state index is 13.1. The SMILES string of the molecule is Cc1nc2ccc(C(=O)N3CCCn4nc(C(O)C5CCC5)cc4C3)cc2o1. The number of nitrogens with zero attached hydrogens (tertiary/aromatic N) is 4. The molecule has 0 saturated heterocycles. The average Bonchev–Trinajstić information content (AvgIpc) is 3.15. The molecular formula is C21H24N4O3. The summed E-state index contributed by atoms with van der Waals surface area (Å²) in [5.74, 6) is 0.900. The van der Waals surface area contributed by atoms with Crippen molar-refractivity contribution >= 4 is 17.0 Å². The molecule has 2 aromatic heterocycles. The van der Waals surface area contributed by atoms with E-state index in [0.29, 0.717) is 36.0 Å². The lowest BCUT2D eigenvalue weighted by atomic mass is 9.80. The lowest BCUT2D eigenvalue weighted by Gasteiger charge is -2.29. The number of oxazole rings is 1. The molecule has 28 heavy (non-hydrogen) atoms. The number of aliphatic hydroxyl groups excluding tert-OH is 1. The van der Waals surface area contributed by atoms with Crippen LogP contribution in [-0.4, -0.2) is 37.2 Å². The summed E-state index contributed by atoms with van der Waals surface area (Å²) >= 11 is 0. The number of fused-ring (bicyclic) bond motifs is 2. The molecule has 0 radical (unpaired) electrons. The van der Waals surface area contributed by atoms with Gasteiger partial charge in [-0.25, -0.2) is 4.98 Å². The fourth-order valence-corrected chi connectivity index (χ4v) is 4.15. The van der Waals surface area contributed by atoms with E-state index in [-0.39, 0.29) is 5.91 Å². The van der Waals surface area contributed by atoms with Gasteiger partial charge >= 0.3 is 0 Å². The van der Waals surface area contributed by atoms with Crippen LogP contribution in [0.15, 0.2) is 28.7 Å². The number of hydrogen-bond donors (Lipinski definition) is 1. The zero-order valence-electron chi connectivity index (χ0n) is 16.0. The van der Waals surface area contributed by atoms with Crippen molar-refractivity contribution in [1.82, 2.24) is 19.7 Å². The van der Waals surface area contributed by atoms with Crippen molar-refractivity contribution < 1.29 is 14.3 Å². The van der Waals surface area contributed by atoms with Crippen LogP contribution in [-0.2, 0) is 13.1 Å². The second-order valence-electron chi connectivity index (χ2n) is 7.92. The number of hydrogen-bond acceptors (Lipinski definition) is 5. The Bertz CT molecular complexity index is 1030. The van der Waals surface area contributed by atoms with Gasteiger partial charge < -0.3 is 14.4 Å². The number of rotatable bonds is 3. The van der Waals surface area contributed by atoms with Gasteiger partial charge in [-0.3, -0.25) is 9.48 Å². The Morgan fingerprint density at radius 2 is 2.11 bits per heavy atom. The molecule has 1 atom stereocenters. The Hall–Kier alpha value is -2.67. The smallest absolute Gasteiger partial charge is 0.254 e. The Kier molecular flexibility index (Phi) is 4.19. The molecule has 5 rings (SSSR count). The topological polar surface area (TPSA) is 84.4 Å². The summed E-state index contributed by atoms with van der Waals surface area (Å²) in [6.07, 6.45) is 3.67. The van der Waals surface area contributed by atoms with E-state index in [4.69, 9.17) is 4.42 Å². The molecule has 3 aromatic rings. The van der Waals surface area contributed by atoms with Gasteiger partial charge in [-0.1, -0.05) is 6.42 Å². The van der Waals surface area contributed by atoms with Gasteiger partial charge in [0.15, 0.2) is 11.5 Å². The second kappa shape index (κ2) is 6.74. The number of aromatic nitrogens is 3. The third kappa shape index (κ3) is 2.99. The lowest BCUT2D eigenvalue weighted by Crippen LogP contribution is -2.30. The lowest BCUT2D eigenvalue weighted by molar-refractivity contribution is 0.0580. The van der Waals surface area contributed by atoms with Crippen LogP contribution in [0.25, 0.3) is 11.1 Å². The first-order valence-electron chi connectivity index (χ1n) is 9.99. The van der Waals surface area contributed by atoms with Gasteiger partial charge in [0.05, 0.1) is 17.9 Å². The minimum absolute atomic E-state index is 0.0216. The minimum Gasteiger partial charge on any atom is -0.441 e. The van der Waals surface area contributed by atoms with E-state index in [0.717, 1.165) is 42.7 Å². The van der Waals surface area contributed by atoms with Crippen molar-refractivity contribution in [3.8, 4) is 0 Å². The van der Waals surface area contributed by atoms with Crippen LogP contribution in [0.2, 0.25) is 0 Å². The first kappa shape index (κ1) is 17.4. The molecular weight excluding hydrogens is 356 g/mol. The molecule has 1 N–H and O–H groups in total. The minimum atomic E-state index is -0.491. The molecule has 146 valence electrons. The molecule has 1 aliphatic heterocycles. The fourth-order valence-electron chi connectivity index (χ4n) is 4.15. The molecule has 7 heteroatoms. The molecule has 1 unspecified atom stereocenters. The van der Waals surface area contributed by atoms with Gasteiger partial charge in [0.25, 0.3) is 5.91 Å². The highest BCUT2D eigenvalue weighted by molar-refractivity contribution is 5.97. The second-order valence-corrected chi connectivity index (χ2v) is 7.92. The van der Waals surface area contributed by atoms with Crippen LogP contribution in [0.1, 0.15) is 59.4 Å². The van der Waals surface area contributed by atoms with E-state index in [1.54, 1.807) is 19.1 Å². The number of benzene rings is 1. The highest BCUT2D eigenvalue weighted by Gasteiger charge is 2.30. The highest BCUT2D eigenvalue weighted by atomic mass is 16.3. The molecule has 1 fully saturated rings. The van der Waals surface area contributed by atoms with E-state index in [2.05, 4.69) is 10.1 Å². The molecule has 0 bridgehead atoms. The first-order chi connectivity index (χ1) is 13.6. The largest absolute Gasteiger partial charge is 0.441 e. The molecule has 1 aromatic carbocycles. The maximum absolute atomic E-state index is 13.1. The monoisotopic (exact) mass is 380 g/mol. The van der Waals surface area contributed by atoms with E-state index >= 15 is 0 Å². The number of aryl methyl sites for hydroxylation is 2. The third-order valence-corrected chi connectivity index (χ3v) is 5.96. The first-order valence-corrected chi connectivity index (χ1v) is 9.99. The van der Waals surface area contributed by atoms with Crippen LogP contribution in [0.4, 0.5) is 0 Å². The van der Waals surface area contributed by atoms with Gasteiger partial charge in [0.1, 0.15) is 11.6 Å². The fraction of sp³-hybridized carbons (Fsp3) is 0.476. The summed E-state index contributed by atoms with van der Waals surface area (Å²) in [6.45, 7) is 3.73. The number of amides is 1. The van der Waals surface area contributed by atoms with E-state index in [9.17, 15) is 9.90 Å². The summed E-state index contributed by atoms with van der Waals surface area (Å²) in [6, 6.07) is 7.37. The molecule has 2 aliphatic rings.